The number of nitrogens with two attached hydrogens (primary N) is 1. The zero-order chi connectivity index (χ0) is 31.0. The Morgan fingerprint density at radius 3 is 2.55 bits per heavy atom. The zero-order valence-corrected chi connectivity index (χ0v) is 25.1. The van der Waals surface area contributed by atoms with Crippen LogP contribution in [0.2, 0.25) is 0 Å². The number of nitrogen functional groups attached to an aromatic ring is 1. The molecule has 0 aromatic carbocycles. The fraction of sp³-hybridized carbons (Fsp3) is 0.556. The van der Waals surface area contributed by atoms with Gasteiger partial charge in [-0.1, -0.05) is 22.7 Å². The van der Waals surface area contributed by atoms with Crippen molar-refractivity contribution in [2.45, 2.75) is 49.5 Å². The first-order chi connectivity index (χ1) is 20.9. The molecule has 5 N–H and O–H groups in total. The molecular formula is C18H20FN11O10P2S2. The molecule has 21 nitrogen and oxygen atoms in total. The molecule has 4 aromatic heterocycles. The van der Waals surface area contributed by atoms with Gasteiger partial charge in [-0.3, -0.25) is 28.1 Å². The number of ether oxygens (including phenoxy) is 2. The molecule has 0 amide bonds. The number of aromatic nitrogens is 10. The number of fused-ring (bicyclic) bond motifs is 5. The lowest BCUT2D eigenvalue weighted by Crippen LogP contribution is -2.34. The average molecular weight is 696 g/mol. The standard InChI is InChI=1S/C18H20FN11O10P2S2/c19-8-11-7(38-17(8)29-12-9(25-27-29)14(31)22-4-21-12)3-36-41(33,43)39-6-1-5(2-35-42(34,44)40-11)37-16(6)30-13-10(26-28-30)15(32)24-18(20)23-13/h4-8,11,16-17H,1-3H2,(H,33,43)(H,34,44)(H,21,22,31)(H3,20,23,24,32)/t5-,6+,7+,8-,11+,16+,17+,41?,42?/m0/s1. The smallest absolute Gasteiger partial charge is 0.369 e. The topological polar surface area (TPSA) is 272 Å². The SMILES string of the molecule is Nc1nc2c(nnn2[C@@H]2O[C@@H]3COP(O)(=S)O[C@H]4[C@H](F)[C@H](n5nnc6c(=O)[nH]cnc65)O[C@@H]4COP(=O)(S)O[C@@H]2C3)c(=O)[nH]1. The Morgan fingerprint density at radius 1 is 1.05 bits per heavy atom. The number of thiol groups is 1. The maximum absolute atomic E-state index is 15.9. The summed E-state index contributed by atoms with van der Waals surface area (Å²) in [4.78, 5) is 47.8. The van der Waals surface area contributed by atoms with E-state index in [9.17, 15) is 19.0 Å². The second-order valence-electron chi connectivity index (χ2n) is 9.73. The summed E-state index contributed by atoms with van der Waals surface area (Å²) in [6.45, 7) is -9.49. The van der Waals surface area contributed by atoms with Crippen LogP contribution in [0.1, 0.15) is 18.9 Å². The van der Waals surface area contributed by atoms with E-state index in [1.807, 2.05) is 0 Å². The van der Waals surface area contributed by atoms with Gasteiger partial charge in [-0.15, -0.1) is 10.2 Å². The van der Waals surface area contributed by atoms with Crippen LogP contribution >= 0.6 is 25.8 Å². The highest BCUT2D eigenvalue weighted by Gasteiger charge is 2.52. The lowest BCUT2D eigenvalue weighted by molar-refractivity contribution is -0.0630. The molecule has 0 spiro atoms. The van der Waals surface area contributed by atoms with Crippen molar-refractivity contribution in [1.29, 1.82) is 0 Å². The quantitative estimate of drug-likeness (QED) is 0.127. The fourth-order valence-electron chi connectivity index (χ4n) is 4.99. The van der Waals surface area contributed by atoms with E-state index in [2.05, 4.69) is 52.8 Å². The van der Waals surface area contributed by atoms with Gasteiger partial charge in [0.1, 0.15) is 18.3 Å². The third-order valence-corrected chi connectivity index (χ3v) is 10.1. The molecule has 3 aliphatic rings. The number of H-pyrrole nitrogens is 2. The van der Waals surface area contributed by atoms with Crippen molar-refractivity contribution in [3.05, 3.63) is 27.0 Å². The molecule has 26 heteroatoms. The molecule has 7 heterocycles. The number of hydrogen-bond donors (Lipinski definition) is 5. The monoisotopic (exact) mass is 695 g/mol. The minimum absolute atomic E-state index is 0.0173. The second kappa shape index (κ2) is 10.9. The van der Waals surface area contributed by atoms with Crippen LogP contribution < -0.4 is 16.9 Å². The van der Waals surface area contributed by atoms with E-state index in [0.29, 0.717) is 0 Å². The zero-order valence-electron chi connectivity index (χ0n) is 21.6. The number of rotatable bonds is 2. The molecule has 4 aromatic rings. The van der Waals surface area contributed by atoms with Crippen molar-refractivity contribution >= 4 is 65.8 Å². The first-order valence-corrected chi connectivity index (χ1v) is 17.8. The molecule has 9 atom stereocenters. The number of alkyl halides is 1. The van der Waals surface area contributed by atoms with Crippen molar-refractivity contribution in [1.82, 2.24) is 49.9 Å². The van der Waals surface area contributed by atoms with Gasteiger partial charge in [0.2, 0.25) is 5.95 Å². The minimum Gasteiger partial charge on any atom is -0.369 e. The largest absolute Gasteiger partial charge is 0.386 e. The van der Waals surface area contributed by atoms with Crippen molar-refractivity contribution in [3.63, 3.8) is 0 Å². The van der Waals surface area contributed by atoms with Crippen LogP contribution in [-0.2, 0) is 43.9 Å². The van der Waals surface area contributed by atoms with Gasteiger partial charge in [-0.2, -0.15) is 14.3 Å². The van der Waals surface area contributed by atoms with Gasteiger partial charge in [0.15, 0.2) is 41.0 Å². The molecule has 7 rings (SSSR count). The Balaban J connectivity index is 1.19. The number of aromatic amines is 2. The van der Waals surface area contributed by atoms with Gasteiger partial charge >= 0.3 is 13.5 Å². The summed E-state index contributed by atoms with van der Waals surface area (Å²) < 4.78 is 65.3. The van der Waals surface area contributed by atoms with E-state index in [1.165, 1.54) is 0 Å². The number of nitrogens with one attached hydrogen (secondary N) is 2. The van der Waals surface area contributed by atoms with Gasteiger partial charge in [-0.25, -0.2) is 13.9 Å². The van der Waals surface area contributed by atoms with Gasteiger partial charge in [0.25, 0.3) is 11.1 Å². The highest BCUT2D eigenvalue weighted by Crippen LogP contribution is 2.58. The Hall–Kier alpha value is -2.76. The molecule has 0 radical (unpaired) electrons. The maximum Gasteiger partial charge on any atom is 0.386 e. The number of anilines is 1. The van der Waals surface area contributed by atoms with E-state index in [-0.39, 0.29) is 41.3 Å². The first-order valence-electron chi connectivity index (χ1n) is 12.5. The van der Waals surface area contributed by atoms with Crippen LogP contribution in [-0.4, -0.2) is 98.6 Å². The molecule has 3 saturated heterocycles. The number of nitrogens with zero attached hydrogens (tertiary/aromatic N) is 8. The predicted octanol–water partition coefficient (Wildman–Crippen LogP) is -0.780. The molecular weight excluding hydrogens is 675 g/mol. The number of hydrogen-bond acceptors (Lipinski definition) is 17. The summed E-state index contributed by atoms with van der Waals surface area (Å²) in [7, 11) is 0. The summed E-state index contributed by atoms with van der Waals surface area (Å²) in [6, 6.07) is 0. The average Bonchev–Trinajstić information content (AvgIpc) is 3.72. The summed E-state index contributed by atoms with van der Waals surface area (Å²) >= 11 is 9.22. The van der Waals surface area contributed by atoms with E-state index in [0.717, 1.165) is 15.7 Å². The predicted molar refractivity (Wildman–Crippen MR) is 148 cm³/mol. The summed E-state index contributed by atoms with van der Waals surface area (Å²) in [5.74, 6) is -0.220. The third-order valence-electron chi connectivity index (χ3n) is 6.86. The summed E-state index contributed by atoms with van der Waals surface area (Å²) in [5, 5.41) is 15.2. The Labute approximate surface area is 252 Å². The molecule has 0 aliphatic carbocycles. The van der Waals surface area contributed by atoms with Gasteiger partial charge in [-0.05, 0) is 11.8 Å². The Bertz CT molecular complexity index is 1970. The molecule has 44 heavy (non-hydrogen) atoms. The van der Waals surface area contributed by atoms with Gasteiger partial charge in [0.05, 0.1) is 25.6 Å². The molecule has 3 aliphatic heterocycles. The third kappa shape index (κ3) is 5.38. The maximum atomic E-state index is 15.9. The molecule has 2 unspecified atom stereocenters. The molecule has 236 valence electrons. The fourth-order valence-corrected chi connectivity index (χ4v) is 7.94. The van der Waals surface area contributed by atoms with Crippen LogP contribution in [0.15, 0.2) is 15.9 Å². The van der Waals surface area contributed by atoms with Crippen LogP contribution in [0.4, 0.5) is 10.3 Å². The summed E-state index contributed by atoms with van der Waals surface area (Å²) in [5.41, 5.74) is 3.91. The van der Waals surface area contributed by atoms with Crippen molar-refractivity contribution in [2.75, 3.05) is 18.9 Å². The van der Waals surface area contributed by atoms with Crippen LogP contribution in [0, 0.1) is 0 Å². The van der Waals surface area contributed by atoms with Gasteiger partial charge < -0.3 is 29.6 Å². The molecule has 2 bridgehead atoms. The van der Waals surface area contributed by atoms with Gasteiger partial charge in [0, 0.05) is 6.42 Å². The highest BCUT2D eigenvalue weighted by atomic mass is 32.7. The highest BCUT2D eigenvalue weighted by molar-refractivity contribution is 8.44. The lowest BCUT2D eigenvalue weighted by atomic mass is 10.1. The van der Waals surface area contributed by atoms with Crippen molar-refractivity contribution < 1.29 is 41.4 Å². The molecule has 0 saturated carbocycles. The van der Waals surface area contributed by atoms with E-state index < -0.39 is 74.3 Å². The van der Waals surface area contributed by atoms with E-state index in [1.54, 1.807) is 0 Å². The second-order valence-corrected chi connectivity index (χ2v) is 15.4. The Kier molecular flexibility index (Phi) is 7.44. The van der Waals surface area contributed by atoms with E-state index in [4.69, 9.17) is 45.1 Å². The van der Waals surface area contributed by atoms with Crippen LogP contribution in [0.25, 0.3) is 22.3 Å². The van der Waals surface area contributed by atoms with Crippen LogP contribution in [0.3, 0.4) is 0 Å². The minimum atomic E-state index is -4.27. The lowest BCUT2D eigenvalue weighted by Gasteiger charge is -2.26. The normalized spacial score (nSPS) is 36.6. The number of halogens is 1. The first kappa shape index (κ1) is 29.9. The summed E-state index contributed by atoms with van der Waals surface area (Å²) in [6.07, 6.45) is -8.80. The van der Waals surface area contributed by atoms with Crippen LogP contribution in [0.5, 0.6) is 0 Å². The van der Waals surface area contributed by atoms with Crippen molar-refractivity contribution in [2.24, 2.45) is 0 Å². The van der Waals surface area contributed by atoms with E-state index >= 15 is 4.39 Å². The molecule has 3 fully saturated rings. The van der Waals surface area contributed by atoms with Crippen molar-refractivity contribution in [3.8, 4) is 0 Å². The Morgan fingerprint density at radius 2 is 1.77 bits per heavy atom.